The van der Waals surface area contributed by atoms with Crippen molar-refractivity contribution in [2.24, 2.45) is 0 Å². The minimum Gasteiger partial charge on any atom is -0.453 e. The van der Waals surface area contributed by atoms with E-state index in [9.17, 15) is 0 Å². The van der Waals surface area contributed by atoms with Crippen LogP contribution < -0.4 is 19.3 Å². The number of rotatable bonds is 5. The van der Waals surface area contributed by atoms with Crippen LogP contribution in [-0.4, -0.2) is 0 Å². The summed E-state index contributed by atoms with van der Waals surface area (Å²) in [4.78, 5) is 3.33. The van der Waals surface area contributed by atoms with Crippen LogP contribution in [0.1, 0.15) is 35.4 Å². The Bertz CT molecular complexity index is 2630. The molecule has 0 radical (unpaired) electrons. The standard InChI is InChI=1S/C47H30F6N2O2/c48-46(49,50)32-16-4-3-15-31(32)44-38(55-35-19-7-11-23-41(35)57-42-24-12-8-20-36(42)55)27-37(54-33-17-5-9-21-39(33)56-40-22-10-6-18-34(40)54)43(45(44)47(51,52)53)30-14-2-1-13-29(30)28-25-26-28/h1-24,27-28H,25-26H2. The fourth-order valence-electron chi connectivity index (χ4n) is 8.19. The SMILES string of the molecule is FC(F)(F)c1ccccc1-c1c(N2c3ccccc3Oc3ccccc32)cc(N2c3ccccc3Oc3ccccc32)c(-c2ccccc2C2CC2)c1C(F)(F)F. The molecule has 4 nitrogen and oxygen atoms in total. The molecule has 0 saturated heterocycles. The molecular weight excluding hydrogens is 739 g/mol. The van der Waals surface area contributed by atoms with Gasteiger partial charge in [-0.2, -0.15) is 26.3 Å². The summed E-state index contributed by atoms with van der Waals surface area (Å²) in [6.07, 6.45) is -8.62. The van der Waals surface area contributed by atoms with Gasteiger partial charge in [0.05, 0.1) is 45.3 Å². The summed E-state index contributed by atoms with van der Waals surface area (Å²) >= 11 is 0. The van der Waals surface area contributed by atoms with Gasteiger partial charge in [-0.3, -0.25) is 0 Å². The molecule has 7 aromatic carbocycles. The molecule has 1 saturated carbocycles. The molecule has 10 heteroatoms. The number of alkyl halides is 6. The van der Waals surface area contributed by atoms with Crippen molar-refractivity contribution in [2.45, 2.75) is 31.1 Å². The third-order valence-electron chi connectivity index (χ3n) is 10.7. The van der Waals surface area contributed by atoms with Gasteiger partial charge in [0.15, 0.2) is 23.0 Å². The topological polar surface area (TPSA) is 24.9 Å². The van der Waals surface area contributed by atoms with E-state index in [1.807, 2.05) is 6.07 Å². The smallest absolute Gasteiger partial charge is 0.417 e. The van der Waals surface area contributed by atoms with Crippen molar-refractivity contribution in [1.29, 1.82) is 0 Å². The lowest BCUT2D eigenvalue weighted by Crippen LogP contribution is -2.23. The predicted molar refractivity (Wildman–Crippen MR) is 209 cm³/mol. The van der Waals surface area contributed by atoms with Crippen molar-refractivity contribution in [3.05, 3.63) is 168 Å². The Morgan fingerprint density at radius 3 is 1.25 bits per heavy atom. The molecule has 10 rings (SSSR count). The summed E-state index contributed by atoms with van der Waals surface area (Å²) in [7, 11) is 0. The van der Waals surface area contributed by atoms with Crippen LogP contribution in [0.25, 0.3) is 22.3 Å². The minimum absolute atomic E-state index is 0.0111. The van der Waals surface area contributed by atoms with E-state index in [2.05, 4.69) is 0 Å². The zero-order valence-electron chi connectivity index (χ0n) is 29.9. The molecule has 1 fully saturated rings. The van der Waals surface area contributed by atoms with E-state index in [0.717, 1.165) is 25.0 Å². The minimum atomic E-state index is -5.18. The zero-order chi connectivity index (χ0) is 39.1. The maximum atomic E-state index is 16.8. The van der Waals surface area contributed by atoms with E-state index in [1.54, 1.807) is 131 Å². The van der Waals surface area contributed by atoms with Gasteiger partial charge in [-0.05, 0) is 96.1 Å². The van der Waals surface area contributed by atoms with Crippen molar-refractivity contribution < 1.29 is 35.8 Å². The number of para-hydroxylation sites is 8. The van der Waals surface area contributed by atoms with Crippen LogP contribution in [0.5, 0.6) is 23.0 Å². The highest BCUT2D eigenvalue weighted by Gasteiger charge is 2.46. The molecular formula is C47H30F6N2O2. The third-order valence-corrected chi connectivity index (χ3v) is 10.7. The number of nitrogens with zero attached hydrogens (tertiary/aromatic N) is 2. The Kier molecular flexibility index (Phi) is 7.90. The molecule has 7 aromatic rings. The fraction of sp³-hybridized carbons (Fsp3) is 0.106. The van der Waals surface area contributed by atoms with E-state index < -0.39 is 34.6 Å². The van der Waals surface area contributed by atoms with Crippen molar-refractivity contribution in [3.8, 4) is 45.3 Å². The molecule has 0 amide bonds. The predicted octanol–water partition coefficient (Wildman–Crippen LogP) is 15.1. The molecule has 282 valence electrons. The Balaban J connectivity index is 1.45. The normalized spacial score (nSPS) is 14.5. The second-order valence-electron chi connectivity index (χ2n) is 14.2. The highest BCUT2D eigenvalue weighted by molar-refractivity contribution is 6.05. The van der Waals surface area contributed by atoms with Crippen LogP contribution in [0, 0.1) is 0 Å². The van der Waals surface area contributed by atoms with Gasteiger partial charge in [0.25, 0.3) is 0 Å². The summed E-state index contributed by atoms with van der Waals surface area (Å²) in [6.45, 7) is 0. The second kappa shape index (κ2) is 12.9. The van der Waals surface area contributed by atoms with Crippen molar-refractivity contribution in [2.75, 3.05) is 9.80 Å². The van der Waals surface area contributed by atoms with Crippen LogP contribution in [0.3, 0.4) is 0 Å². The van der Waals surface area contributed by atoms with Gasteiger partial charge >= 0.3 is 12.4 Å². The molecule has 0 atom stereocenters. The van der Waals surface area contributed by atoms with Gasteiger partial charge in [-0.1, -0.05) is 91.0 Å². The molecule has 2 aliphatic heterocycles. The monoisotopic (exact) mass is 768 g/mol. The van der Waals surface area contributed by atoms with Crippen LogP contribution >= 0.6 is 0 Å². The number of anilines is 6. The number of hydrogen-bond acceptors (Lipinski definition) is 4. The number of ether oxygens (including phenoxy) is 2. The maximum absolute atomic E-state index is 16.8. The highest BCUT2D eigenvalue weighted by atomic mass is 19.4. The number of halogens is 6. The average molecular weight is 769 g/mol. The first kappa shape index (κ1) is 34.8. The number of hydrogen-bond donors (Lipinski definition) is 0. The van der Waals surface area contributed by atoms with Gasteiger partial charge in [-0.25, -0.2) is 0 Å². The molecule has 2 heterocycles. The van der Waals surface area contributed by atoms with E-state index in [4.69, 9.17) is 9.47 Å². The highest BCUT2D eigenvalue weighted by Crippen LogP contribution is 2.62. The summed E-state index contributed by atoms with van der Waals surface area (Å²) in [5.74, 6) is 1.45. The fourth-order valence-corrected chi connectivity index (χ4v) is 8.19. The Morgan fingerprint density at radius 1 is 0.421 bits per heavy atom. The first-order valence-electron chi connectivity index (χ1n) is 18.4. The molecule has 57 heavy (non-hydrogen) atoms. The second-order valence-corrected chi connectivity index (χ2v) is 14.2. The molecule has 0 N–H and O–H groups in total. The lowest BCUT2D eigenvalue weighted by molar-refractivity contribution is -0.139. The Labute approximate surface area is 323 Å². The lowest BCUT2D eigenvalue weighted by Gasteiger charge is -2.39. The van der Waals surface area contributed by atoms with E-state index in [-0.39, 0.29) is 22.9 Å². The van der Waals surface area contributed by atoms with E-state index in [0.29, 0.717) is 56.9 Å². The van der Waals surface area contributed by atoms with E-state index in [1.165, 1.54) is 12.1 Å². The number of fused-ring (bicyclic) bond motifs is 4. The zero-order valence-corrected chi connectivity index (χ0v) is 29.9. The quantitative estimate of drug-likeness (QED) is 0.163. The first-order chi connectivity index (χ1) is 27.6. The van der Waals surface area contributed by atoms with Crippen molar-refractivity contribution in [3.63, 3.8) is 0 Å². The molecule has 0 bridgehead atoms. The first-order valence-corrected chi connectivity index (χ1v) is 18.4. The van der Waals surface area contributed by atoms with Gasteiger partial charge in [0, 0.05) is 11.1 Å². The van der Waals surface area contributed by atoms with E-state index >= 15 is 26.3 Å². The van der Waals surface area contributed by atoms with Crippen LogP contribution in [-0.2, 0) is 12.4 Å². The molecule has 0 aromatic heterocycles. The Hall–Kier alpha value is -6.68. The van der Waals surface area contributed by atoms with Gasteiger partial charge in [0.2, 0.25) is 0 Å². The van der Waals surface area contributed by atoms with Crippen molar-refractivity contribution in [1.82, 2.24) is 0 Å². The van der Waals surface area contributed by atoms with Crippen molar-refractivity contribution >= 4 is 34.1 Å². The summed E-state index contributed by atoms with van der Waals surface area (Å²) in [6, 6.07) is 40.8. The lowest BCUT2D eigenvalue weighted by atomic mass is 9.83. The van der Waals surface area contributed by atoms with Crippen LogP contribution in [0.4, 0.5) is 60.5 Å². The third kappa shape index (κ3) is 5.77. The Morgan fingerprint density at radius 2 is 0.807 bits per heavy atom. The van der Waals surface area contributed by atoms with Crippen LogP contribution in [0.2, 0.25) is 0 Å². The number of benzene rings is 7. The summed E-state index contributed by atoms with van der Waals surface area (Å²) in [5.41, 5.74) is -1.20. The van der Waals surface area contributed by atoms with Gasteiger partial charge in [0.1, 0.15) is 0 Å². The van der Waals surface area contributed by atoms with Crippen LogP contribution in [0.15, 0.2) is 152 Å². The molecule has 0 unspecified atom stereocenters. The van der Waals surface area contributed by atoms with Gasteiger partial charge in [-0.15, -0.1) is 0 Å². The average Bonchev–Trinajstić information content (AvgIpc) is 4.07. The summed E-state index contributed by atoms with van der Waals surface area (Å²) < 4.78 is 108. The largest absolute Gasteiger partial charge is 0.453 e. The molecule has 0 spiro atoms. The maximum Gasteiger partial charge on any atom is 0.417 e. The van der Waals surface area contributed by atoms with Gasteiger partial charge < -0.3 is 19.3 Å². The summed E-state index contributed by atoms with van der Waals surface area (Å²) in [5, 5.41) is 0. The molecule has 3 aliphatic rings. The molecule has 1 aliphatic carbocycles.